The average molecular weight is 226 g/mol. The van der Waals surface area contributed by atoms with Gasteiger partial charge in [0.05, 0.1) is 5.54 Å². The minimum absolute atomic E-state index is 0.157. The van der Waals surface area contributed by atoms with Crippen LogP contribution in [-0.4, -0.2) is 18.0 Å². The Morgan fingerprint density at radius 3 is 2.12 bits per heavy atom. The molecule has 0 aromatic heterocycles. The van der Waals surface area contributed by atoms with Crippen molar-refractivity contribution in [1.82, 2.24) is 5.32 Å². The lowest BCUT2D eigenvalue weighted by Gasteiger charge is -2.34. The molecule has 1 amide bonds. The third-order valence-corrected chi connectivity index (χ3v) is 3.53. The van der Waals surface area contributed by atoms with Crippen LogP contribution in [0.2, 0.25) is 0 Å². The second-order valence-electron chi connectivity index (χ2n) is 5.49. The monoisotopic (exact) mass is 226 g/mol. The van der Waals surface area contributed by atoms with Gasteiger partial charge in [-0.25, -0.2) is 0 Å². The van der Waals surface area contributed by atoms with Crippen molar-refractivity contribution in [2.24, 2.45) is 11.7 Å². The molecule has 1 aliphatic carbocycles. The minimum atomic E-state index is -0.426. The maximum Gasteiger partial charge on any atom is 0.237 e. The first-order valence-corrected chi connectivity index (χ1v) is 6.62. The highest BCUT2D eigenvalue weighted by Gasteiger charge is 2.35. The highest BCUT2D eigenvalue weighted by atomic mass is 16.1. The van der Waals surface area contributed by atoms with E-state index in [1.165, 1.54) is 19.3 Å². The molecule has 0 atom stereocenters. The van der Waals surface area contributed by atoms with Crippen molar-refractivity contribution < 1.29 is 4.79 Å². The van der Waals surface area contributed by atoms with Crippen molar-refractivity contribution in [2.75, 3.05) is 6.54 Å². The van der Waals surface area contributed by atoms with Crippen molar-refractivity contribution >= 4 is 5.91 Å². The number of carbonyl (C=O) groups is 1. The molecule has 0 saturated heterocycles. The molecule has 3 heteroatoms. The lowest BCUT2D eigenvalue weighted by Crippen LogP contribution is -2.56. The molecule has 1 fully saturated rings. The molecule has 0 radical (unpaired) electrons. The van der Waals surface area contributed by atoms with Gasteiger partial charge in [0.1, 0.15) is 0 Å². The molecular weight excluding hydrogens is 200 g/mol. The molecule has 94 valence electrons. The summed E-state index contributed by atoms with van der Waals surface area (Å²) in [6, 6.07) is 0. The fraction of sp³-hybridized carbons (Fsp3) is 0.923. The summed E-state index contributed by atoms with van der Waals surface area (Å²) in [5, 5.41) is 3.43. The lowest BCUT2D eigenvalue weighted by molar-refractivity contribution is -0.125. The molecule has 0 bridgehead atoms. The summed E-state index contributed by atoms with van der Waals surface area (Å²) in [6.45, 7) is 5.19. The van der Waals surface area contributed by atoms with Crippen molar-refractivity contribution in [1.29, 1.82) is 0 Å². The molecule has 0 aliphatic heterocycles. The van der Waals surface area contributed by atoms with Gasteiger partial charge in [0.15, 0.2) is 0 Å². The second-order valence-corrected chi connectivity index (χ2v) is 5.49. The third-order valence-electron chi connectivity index (χ3n) is 3.53. The number of nitrogens with one attached hydrogen (secondary N) is 1. The Morgan fingerprint density at radius 1 is 1.19 bits per heavy atom. The molecule has 3 nitrogen and oxygen atoms in total. The van der Waals surface area contributed by atoms with Gasteiger partial charge >= 0.3 is 0 Å². The first kappa shape index (κ1) is 13.5. The minimum Gasteiger partial charge on any atom is -0.368 e. The van der Waals surface area contributed by atoms with Gasteiger partial charge in [-0.1, -0.05) is 46.0 Å². The van der Waals surface area contributed by atoms with Gasteiger partial charge in [-0.3, -0.25) is 4.79 Å². The quantitative estimate of drug-likeness (QED) is 0.772. The van der Waals surface area contributed by atoms with Crippen LogP contribution >= 0.6 is 0 Å². The number of carbonyl (C=O) groups excluding carboxylic acids is 1. The Balaban J connectivity index is 2.63. The Labute approximate surface area is 99.2 Å². The summed E-state index contributed by atoms with van der Waals surface area (Å²) in [5.74, 6) is 0.400. The van der Waals surface area contributed by atoms with Crippen molar-refractivity contribution in [3.05, 3.63) is 0 Å². The third kappa shape index (κ3) is 3.78. The van der Waals surface area contributed by atoms with Crippen molar-refractivity contribution in [2.45, 2.75) is 64.3 Å². The van der Waals surface area contributed by atoms with Gasteiger partial charge in [-0.05, 0) is 25.3 Å². The first-order chi connectivity index (χ1) is 7.57. The van der Waals surface area contributed by atoms with E-state index >= 15 is 0 Å². The van der Waals surface area contributed by atoms with E-state index in [1.54, 1.807) is 0 Å². The van der Waals surface area contributed by atoms with Crippen molar-refractivity contribution in [3.63, 3.8) is 0 Å². The maximum atomic E-state index is 11.7. The summed E-state index contributed by atoms with van der Waals surface area (Å²) in [4.78, 5) is 11.7. The number of rotatable bonds is 4. The summed E-state index contributed by atoms with van der Waals surface area (Å²) >= 11 is 0. The number of primary amides is 1. The lowest BCUT2D eigenvalue weighted by atomic mass is 9.83. The average Bonchev–Trinajstić information content (AvgIpc) is 2.15. The Bertz CT molecular complexity index is 218. The number of hydrogen-bond acceptors (Lipinski definition) is 2. The zero-order valence-electron chi connectivity index (χ0n) is 10.7. The van der Waals surface area contributed by atoms with E-state index < -0.39 is 5.54 Å². The van der Waals surface area contributed by atoms with Crippen LogP contribution < -0.4 is 11.1 Å². The van der Waals surface area contributed by atoms with Crippen LogP contribution in [0, 0.1) is 5.92 Å². The summed E-state index contributed by atoms with van der Waals surface area (Å²) in [5.41, 5.74) is 5.18. The fourth-order valence-electron chi connectivity index (χ4n) is 2.42. The zero-order chi connectivity index (χ0) is 12.0. The van der Waals surface area contributed by atoms with Crippen LogP contribution in [0.15, 0.2) is 0 Å². The highest BCUT2D eigenvalue weighted by molar-refractivity contribution is 5.84. The highest BCUT2D eigenvalue weighted by Crippen LogP contribution is 2.26. The zero-order valence-corrected chi connectivity index (χ0v) is 10.7. The largest absolute Gasteiger partial charge is 0.368 e. The number of amides is 1. The summed E-state index contributed by atoms with van der Waals surface area (Å²) < 4.78 is 0. The van der Waals surface area contributed by atoms with Crippen LogP contribution in [0.25, 0.3) is 0 Å². The van der Waals surface area contributed by atoms with E-state index in [0.717, 1.165) is 32.2 Å². The van der Waals surface area contributed by atoms with Gasteiger partial charge in [0, 0.05) is 0 Å². The molecule has 1 aliphatic rings. The predicted molar refractivity (Wildman–Crippen MR) is 67.1 cm³/mol. The van der Waals surface area contributed by atoms with Gasteiger partial charge in [0.25, 0.3) is 0 Å². The molecule has 16 heavy (non-hydrogen) atoms. The number of hydrogen-bond donors (Lipinski definition) is 2. The van der Waals surface area contributed by atoms with Crippen molar-refractivity contribution in [3.8, 4) is 0 Å². The van der Waals surface area contributed by atoms with Gasteiger partial charge in [-0.2, -0.15) is 0 Å². The van der Waals surface area contributed by atoms with E-state index in [2.05, 4.69) is 19.2 Å². The predicted octanol–water partition coefficient (Wildman–Crippen LogP) is 2.20. The molecular formula is C13H26N2O. The Hall–Kier alpha value is -0.570. The molecule has 1 saturated carbocycles. The SMILES string of the molecule is CC(C)CNC1(C(N)=O)CCCCCCC1. The van der Waals surface area contributed by atoms with Crippen LogP contribution in [-0.2, 0) is 4.79 Å². The smallest absolute Gasteiger partial charge is 0.237 e. The second kappa shape index (κ2) is 6.24. The van der Waals surface area contributed by atoms with Crippen LogP contribution in [0.3, 0.4) is 0 Å². The molecule has 0 aromatic rings. The Morgan fingerprint density at radius 2 is 1.69 bits per heavy atom. The topological polar surface area (TPSA) is 55.1 Å². The normalized spacial score (nSPS) is 21.4. The molecule has 0 unspecified atom stereocenters. The molecule has 3 N–H and O–H groups in total. The first-order valence-electron chi connectivity index (χ1n) is 6.62. The van der Waals surface area contributed by atoms with Gasteiger partial charge < -0.3 is 11.1 Å². The van der Waals surface area contributed by atoms with E-state index in [0.29, 0.717) is 5.92 Å². The Kier molecular flexibility index (Phi) is 5.26. The molecule has 1 rings (SSSR count). The summed E-state index contributed by atoms with van der Waals surface area (Å²) in [6.07, 6.45) is 7.84. The maximum absolute atomic E-state index is 11.7. The van der Waals surface area contributed by atoms with E-state index in [-0.39, 0.29) is 5.91 Å². The summed E-state index contributed by atoms with van der Waals surface area (Å²) in [7, 11) is 0. The van der Waals surface area contributed by atoms with Crippen LogP contribution in [0.4, 0.5) is 0 Å². The van der Waals surface area contributed by atoms with Gasteiger partial charge in [-0.15, -0.1) is 0 Å². The van der Waals surface area contributed by atoms with E-state index in [4.69, 9.17) is 5.73 Å². The fourth-order valence-corrected chi connectivity index (χ4v) is 2.42. The van der Waals surface area contributed by atoms with E-state index in [1.807, 2.05) is 0 Å². The molecule has 0 spiro atoms. The molecule has 0 aromatic carbocycles. The van der Waals surface area contributed by atoms with E-state index in [9.17, 15) is 4.79 Å². The molecule has 0 heterocycles. The number of nitrogens with two attached hydrogens (primary N) is 1. The van der Waals surface area contributed by atoms with Crippen LogP contribution in [0.1, 0.15) is 58.8 Å². The standard InChI is InChI=1S/C13H26N2O/c1-11(2)10-15-13(12(14)16)8-6-4-3-5-7-9-13/h11,15H,3-10H2,1-2H3,(H2,14,16). The van der Waals surface area contributed by atoms with Gasteiger partial charge in [0.2, 0.25) is 5.91 Å². The van der Waals surface area contributed by atoms with Crippen LogP contribution in [0.5, 0.6) is 0 Å².